The maximum absolute atomic E-state index is 2.50. The zero-order valence-corrected chi connectivity index (χ0v) is 18.6. The van der Waals surface area contributed by atoms with Gasteiger partial charge in [-0.3, -0.25) is 0 Å². The monoisotopic (exact) mass is 403 g/mol. The highest BCUT2D eigenvalue weighted by Gasteiger charge is 2.42. The van der Waals surface area contributed by atoms with E-state index in [0.717, 1.165) is 6.42 Å². The zero-order valence-electron chi connectivity index (χ0n) is 18.6. The third kappa shape index (κ3) is 2.91. The molecule has 1 nitrogen and oxygen atoms in total. The fourth-order valence-corrected chi connectivity index (χ4v) is 5.55. The summed E-state index contributed by atoms with van der Waals surface area (Å²) in [7, 11) is 0. The van der Waals surface area contributed by atoms with Gasteiger partial charge in [-0.1, -0.05) is 74.1 Å². The zero-order chi connectivity index (χ0) is 21.2. The Morgan fingerprint density at radius 3 is 2.55 bits per heavy atom. The molecule has 2 aromatic rings. The molecule has 4 aliphatic rings. The first-order valence-electron chi connectivity index (χ1n) is 11.5. The van der Waals surface area contributed by atoms with Gasteiger partial charge in [0, 0.05) is 28.4 Å². The summed E-state index contributed by atoms with van der Waals surface area (Å²) in [5.74, 6) is 1.36. The first-order valence-corrected chi connectivity index (χ1v) is 11.5. The lowest BCUT2D eigenvalue weighted by Gasteiger charge is -2.31. The molecule has 1 saturated carbocycles. The topological polar surface area (TPSA) is 3.24 Å². The molecule has 0 radical (unpaired) electrons. The maximum atomic E-state index is 2.50. The molecule has 0 amide bonds. The molecule has 1 heteroatoms. The number of anilines is 2. The molecule has 0 aliphatic heterocycles. The second-order valence-electron chi connectivity index (χ2n) is 9.88. The Morgan fingerprint density at radius 2 is 1.71 bits per heavy atom. The van der Waals surface area contributed by atoms with Crippen molar-refractivity contribution in [2.75, 3.05) is 4.90 Å². The van der Waals surface area contributed by atoms with Crippen molar-refractivity contribution in [3.05, 3.63) is 113 Å². The largest absolute Gasteiger partial charge is 0.314 e. The van der Waals surface area contributed by atoms with Crippen LogP contribution in [0.4, 0.5) is 11.4 Å². The van der Waals surface area contributed by atoms with Crippen LogP contribution >= 0.6 is 0 Å². The predicted molar refractivity (Wildman–Crippen MR) is 131 cm³/mol. The van der Waals surface area contributed by atoms with E-state index >= 15 is 0 Å². The van der Waals surface area contributed by atoms with Crippen LogP contribution in [0.5, 0.6) is 0 Å². The molecule has 0 saturated heterocycles. The van der Waals surface area contributed by atoms with Crippen LogP contribution in [0.15, 0.2) is 96.3 Å². The summed E-state index contributed by atoms with van der Waals surface area (Å²) < 4.78 is 0. The van der Waals surface area contributed by atoms with E-state index in [1.165, 1.54) is 51.3 Å². The van der Waals surface area contributed by atoms with Crippen molar-refractivity contribution in [2.45, 2.75) is 39.0 Å². The molecule has 0 aromatic heterocycles. The minimum absolute atomic E-state index is 0.00771. The van der Waals surface area contributed by atoms with Gasteiger partial charge in [-0.2, -0.15) is 0 Å². The molecule has 0 spiro atoms. The standard InChI is InChI=1S/C30H29N/c1-20-12-14-22(15-13-20)31(29-11-7-8-21-18-26(21)29)23-16-17-25-24-9-5-4-6-10-27(24)30(2,3)28(25)19-23/h5-17,19,21,26H,4,18H2,1-3H3. The Hall–Kier alpha value is -3.06. The quantitative estimate of drug-likeness (QED) is 0.505. The number of hydrogen-bond donors (Lipinski definition) is 0. The SMILES string of the molecule is Cc1ccc(N(C2=CC=CC3CC23)c2ccc3c(c2)C(C)(C)C2=C3C=CCC=C2)cc1. The van der Waals surface area contributed by atoms with Crippen LogP contribution in [0.25, 0.3) is 5.57 Å². The van der Waals surface area contributed by atoms with Gasteiger partial charge >= 0.3 is 0 Å². The van der Waals surface area contributed by atoms with Gasteiger partial charge in [-0.15, -0.1) is 0 Å². The van der Waals surface area contributed by atoms with Gasteiger partial charge in [0.15, 0.2) is 0 Å². The van der Waals surface area contributed by atoms with E-state index in [4.69, 9.17) is 0 Å². The van der Waals surface area contributed by atoms with Crippen molar-refractivity contribution in [1.29, 1.82) is 0 Å². The average Bonchev–Trinajstić information content (AvgIpc) is 3.56. The highest BCUT2D eigenvalue weighted by atomic mass is 15.2. The summed E-state index contributed by atoms with van der Waals surface area (Å²) in [5, 5.41) is 0. The summed E-state index contributed by atoms with van der Waals surface area (Å²) in [6, 6.07) is 16.1. The Bertz CT molecular complexity index is 1210. The number of aryl methyl sites for hydroxylation is 1. The van der Waals surface area contributed by atoms with Crippen LogP contribution in [-0.4, -0.2) is 0 Å². The van der Waals surface area contributed by atoms with Gasteiger partial charge in [0.25, 0.3) is 0 Å². The molecule has 0 heterocycles. The van der Waals surface area contributed by atoms with Gasteiger partial charge in [0.2, 0.25) is 0 Å². The molecule has 0 N–H and O–H groups in total. The molecule has 2 atom stereocenters. The molecule has 2 unspecified atom stereocenters. The molecule has 154 valence electrons. The molecule has 1 fully saturated rings. The minimum Gasteiger partial charge on any atom is -0.314 e. The average molecular weight is 404 g/mol. The number of nitrogens with zero attached hydrogens (tertiary/aromatic N) is 1. The second-order valence-corrected chi connectivity index (χ2v) is 9.88. The first-order chi connectivity index (χ1) is 15.0. The van der Waals surface area contributed by atoms with E-state index in [1.54, 1.807) is 0 Å². The highest BCUT2D eigenvalue weighted by molar-refractivity contribution is 5.89. The van der Waals surface area contributed by atoms with Crippen LogP contribution in [0.1, 0.15) is 43.4 Å². The second kappa shape index (κ2) is 6.72. The summed E-state index contributed by atoms with van der Waals surface area (Å²) >= 11 is 0. The summed E-state index contributed by atoms with van der Waals surface area (Å²) in [5.41, 5.74) is 10.9. The van der Waals surface area contributed by atoms with Crippen molar-refractivity contribution in [3.63, 3.8) is 0 Å². The Morgan fingerprint density at radius 1 is 0.935 bits per heavy atom. The van der Waals surface area contributed by atoms with Gasteiger partial charge < -0.3 is 4.90 Å². The Balaban J connectivity index is 1.50. The van der Waals surface area contributed by atoms with Crippen LogP contribution in [0, 0.1) is 18.8 Å². The smallest absolute Gasteiger partial charge is 0.0462 e. The summed E-state index contributed by atoms with van der Waals surface area (Å²) in [4.78, 5) is 2.50. The predicted octanol–water partition coefficient (Wildman–Crippen LogP) is 7.78. The van der Waals surface area contributed by atoms with Crippen LogP contribution in [-0.2, 0) is 5.41 Å². The van der Waals surface area contributed by atoms with Crippen LogP contribution < -0.4 is 4.90 Å². The Kier molecular flexibility index (Phi) is 4.05. The molecular formula is C30H29N. The fourth-order valence-electron chi connectivity index (χ4n) is 5.55. The summed E-state index contributed by atoms with van der Waals surface area (Å²) in [6.45, 7) is 6.90. The normalized spacial score (nSPS) is 24.3. The Labute approximate surface area is 185 Å². The first kappa shape index (κ1) is 18.7. The number of benzene rings is 2. The molecule has 2 aromatic carbocycles. The van der Waals surface area contributed by atoms with E-state index in [2.05, 4.69) is 111 Å². The fraction of sp³-hybridized carbons (Fsp3) is 0.267. The lowest BCUT2D eigenvalue weighted by Crippen LogP contribution is -2.21. The van der Waals surface area contributed by atoms with Crippen molar-refractivity contribution in [2.24, 2.45) is 11.8 Å². The molecule has 4 aliphatic carbocycles. The number of fused-ring (bicyclic) bond motifs is 3. The maximum Gasteiger partial charge on any atom is 0.0462 e. The molecule has 6 rings (SSSR count). The summed E-state index contributed by atoms with van der Waals surface area (Å²) in [6.07, 6.45) is 18.5. The van der Waals surface area contributed by atoms with Gasteiger partial charge in [0.1, 0.15) is 0 Å². The van der Waals surface area contributed by atoms with Crippen molar-refractivity contribution in [1.82, 2.24) is 0 Å². The van der Waals surface area contributed by atoms with Crippen molar-refractivity contribution < 1.29 is 0 Å². The van der Waals surface area contributed by atoms with Gasteiger partial charge in [-0.25, -0.2) is 0 Å². The van der Waals surface area contributed by atoms with Crippen LogP contribution in [0.2, 0.25) is 0 Å². The van der Waals surface area contributed by atoms with Gasteiger partial charge in [-0.05, 0) is 78.3 Å². The molecular weight excluding hydrogens is 374 g/mol. The minimum atomic E-state index is 0.00771. The van der Waals surface area contributed by atoms with E-state index in [9.17, 15) is 0 Å². The van der Waals surface area contributed by atoms with Crippen molar-refractivity contribution in [3.8, 4) is 0 Å². The number of allylic oxidation sites excluding steroid dienone is 10. The number of rotatable bonds is 3. The van der Waals surface area contributed by atoms with E-state index in [0.29, 0.717) is 11.8 Å². The molecule has 0 bridgehead atoms. The van der Waals surface area contributed by atoms with E-state index in [1.807, 2.05) is 0 Å². The number of hydrogen-bond acceptors (Lipinski definition) is 1. The van der Waals surface area contributed by atoms with E-state index < -0.39 is 0 Å². The van der Waals surface area contributed by atoms with Gasteiger partial charge in [0.05, 0.1) is 0 Å². The van der Waals surface area contributed by atoms with Crippen molar-refractivity contribution >= 4 is 16.9 Å². The molecule has 31 heavy (non-hydrogen) atoms. The lowest BCUT2D eigenvalue weighted by atomic mass is 9.80. The third-order valence-electron chi connectivity index (χ3n) is 7.42. The third-order valence-corrected chi connectivity index (χ3v) is 7.42. The van der Waals surface area contributed by atoms with Crippen LogP contribution in [0.3, 0.4) is 0 Å². The lowest BCUT2D eigenvalue weighted by molar-refractivity contribution is 0.654. The van der Waals surface area contributed by atoms with E-state index in [-0.39, 0.29) is 5.41 Å². The highest BCUT2D eigenvalue weighted by Crippen LogP contribution is 2.53.